The first-order valence-corrected chi connectivity index (χ1v) is 9.97. The second kappa shape index (κ2) is 9.64. The number of hydrogen-bond acceptors (Lipinski definition) is 3. The van der Waals surface area contributed by atoms with Crippen molar-refractivity contribution in [3.63, 3.8) is 0 Å². The molecular formula is C22H21Cl2N3O. The van der Waals surface area contributed by atoms with E-state index >= 15 is 0 Å². The molecule has 0 saturated carbocycles. The van der Waals surface area contributed by atoms with Crippen molar-refractivity contribution in [3.05, 3.63) is 75.9 Å². The highest BCUT2D eigenvalue weighted by Gasteiger charge is 2.25. The Morgan fingerprint density at radius 1 is 1.18 bits per heavy atom. The Morgan fingerprint density at radius 2 is 1.89 bits per heavy atom. The number of nitrogens with one attached hydrogen (secondary N) is 1. The van der Waals surface area contributed by atoms with Gasteiger partial charge in [0.05, 0.1) is 10.7 Å². The molecule has 1 aliphatic rings. The van der Waals surface area contributed by atoms with Crippen molar-refractivity contribution in [2.75, 3.05) is 18.4 Å². The summed E-state index contributed by atoms with van der Waals surface area (Å²) in [5.41, 5.74) is 1.93. The summed E-state index contributed by atoms with van der Waals surface area (Å²) in [4.78, 5) is 14.5. The van der Waals surface area contributed by atoms with E-state index in [9.17, 15) is 10.1 Å². The van der Waals surface area contributed by atoms with Crippen molar-refractivity contribution >= 4 is 34.8 Å². The zero-order chi connectivity index (χ0) is 19.9. The summed E-state index contributed by atoms with van der Waals surface area (Å²) in [5.74, 6) is 0.302. The Labute approximate surface area is 175 Å². The highest BCUT2D eigenvalue weighted by Crippen LogP contribution is 2.26. The van der Waals surface area contributed by atoms with Gasteiger partial charge < -0.3 is 10.2 Å². The van der Waals surface area contributed by atoms with Crippen LogP contribution >= 0.6 is 23.2 Å². The van der Waals surface area contributed by atoms with Gasteiger partial charge in [-0.2, -0.15) is 5.26 Å². The Bertz CT molecular complexity index is 898. The van der Waals surface area contributed by atoms with E-state index in [0.717, 1.165) is 19.3 Å². The fourth-order valence-corrected chi connectivity index (χ4v) is 3.70. The number of carbonyl (C=O) groups excluding carboxylic acids is 1. The third-order valence-electron chi connectivity index (χ3n) is 4.92. The summed E-state index contributed by atoms with van der Waals surface area (Å²) >= 11 is 12.1. The van der Waals surface area contributed by atoms with Crippen molar-refractivity contribution in [2.24, 2.45) is 5.92 Å². The topological polar surface area (TPSA) is 56.1 Å². The Kier molecular flexibility index (Phi) is 6.97. The molecule has 0 unspecified atom stereocenters. The molecule has 2 aromatic rings. The summed E-state index contributed by atoms with van der Waals surface area (Å²) in [6, 6.07) is 17.4. The van der Waals surface area contributed by atoms with Crippen LogP contribution in [0.4, 0.5) is 5.69 Å². The maximum absolute atomic E-state index is 12.7. The van der Waals surface area contributed by atoms with Crippen LogP contribution in [0.1, 0.15) is 18.4 Å². The average Bonchev–Trinajstić information content (AvgIpc) is 2.72. The van der Waals surface area contributed by atoms with Crippen molar-refractivity contribution in [3.8, 4) is 6.07 Å². The number of carbonyl (C=O) groups is 1. The number of nitriles is 1. The minimum absolute atomic E-state index is 0.0533. The second-order valence-electron chi connectivity index (χ2n) is 6.86. The molecule has 0 radical (unpaired) electrons. The molecule has 1 amide bonds. The second-order valence-corrected chi connectivity index (χ2v) is 7.71. The van der Waals surface area contributed by atoms with Crippen LogP contribution in [0.3, 0.4) is 0 Å². The van der Waals surface area contributed by atoms with E-state index in [2.05, 4.69) is 29.6 Å². The maximum Gasteiger partial charge on any atom is 0.266 e. The lowest BCUT2D eigenvalue weighted by Gasteiger charge is -2.32. The lowest BCUT2D eigenvalue weighted by atomic mass is 9.90. The zero-order valence-electron chi connectivity index (χ0n) is 15.4. The normalized spacial score (nSPS) is 15.2. The maximum atomic E-state index is 12.7. The highest BCUT2D eigenvalue weighted by atomic mass is 35.5. The molecule has 0 aliphatic carbocycles. The molecule has 3 rings (SSSR count). The van der Waals surface area contributed by atoms with Crippen molar-refractivity contribution in [2.45, 2.75) is 19.3 Å². The summed E-state index contributed by atoms with van der Waals surface area (Å²) in [5, 5.41) is 13.3. The van der Waals surface area contributed by atoms with Gasteiger partial charge in [-0.1, -0.05) is 53.5 Å². The van der Waals surface area contributed by atoms with E-state index in [1.165, 1.54) is 11.8 Å². The average molecular weight is 414 g/mol. The third-order valence-corrected chi connectivity index (χ3v) is 5.48. The SMILES string of the molecule is N#C/C(=C/Nc1cc(Cl)ccc1Cl)C(=O)N1CCC(Cc2ccccc2)CC1. The smallest absolute Gasteiger partial charge is 0.266 e. The van der Waals surface area contributed by atoms with Gasteiger partial charge in [0.25, 0.3) is 5.91 Å². The number of piperidine rings is 1. The third kappa shape index (κ3) is 5.28. The van der Waals surface area contributed by atoms with Gasteiger partial charge in [-0.3, -0.25) is 4.79 Å². The summed E-state index contributed by atoms with van der Waals surface area (Å²) in [6.07, 6.45) is 4.30. The van der Waals surface area contributed by atoms with Crippen molar-refractivity contribution < 1.29 is 4.79 Å². The van der Waals surface area contributed by atoms with Crippen LogP contribution in [0.25, 0.3) is 0 Å². The molecule has 1 heterocycles. The quantitative estimate of drug-likeness (QED) is 0.534. The predicted octanol–water partition coefficient (Wildman–Crippen LogP) is 5.29. The van der Waals surface area contributed by atoms with Gasteiger partial charge in [0.2, 0.25) is 0 Å². The van der Waals surface area contributed by atoms with E-state index in [4.69, 9.17) is 23.2 Å². The molecular weight excluding hydrogens is 393 g/mol. The van der Waals surface area contributed by atoms with E-state index in [0.29, 0.717) is 34.7 Å². The number of hydrogen-bond donors (Lipinski definition) is 1. The Balaban J connectivity index is 1.58. The number of nitrogens with zero attached hydrogens (tertiary/aromatic N) is 2. The van der Waals surface area contributed by atoms with Crippen LogP contribution in [0.5, 0.6) is 0 Å². The molecule has 28 heavy (non-hydrogen) atoms. The largest absolute Gasteiger partial charge is 0.359 e. The Morgan fingerprint density at radius 3 is 2.57 bits per heavy atom. The zero-order valence-corrected chi connectivity index (χ0v) is 16.9. The van der Waals surface area contributed by atoms with Crippen molar-refractivity contribution in [1.29, 1.82) is 5.26 Å². The highest BCUT2D eigenvalue weighted by molar-refractivity contribution is 6.35. The van der Waals surface area contributed by atoms with Gasteiger partial charge in [-0.25, -0.2) is 0 Å². The molecule has 1 fully saturated rings. The summed E-state index contributed by atoms with van der Waals surface area (Å²) in [6.45, 7) is 1.32. The van der Waals surface area contributed by atoms with E-state index < -0.39 is 0 Å². The van der Waals surface area contributed by atoms with Crippen LogP contribution in [0.15, 0.2) is 60.3 Å². The van der Waals surface area contributed by atoms with E-state index in [1.54, 1.807) is 23.1 Å². The van der Waals surface area contributed by atoms with Gasteiger partial charge >= 0.3 is 0 Å². The standard InChI is InChI=1S/C22H21Cl2N3O/c23-19-6-7-20(24)21(13-19)26-15-18(14-25)22(28)27-10-8-17(9-11-27)12-16-4-2-1-3-5-16/h1-7,13,15,17,26H,8-12H2/b18-15-. The number of rotatable bonds is 5. The fraction of sp³-hybridized carbons (Fsp3) is 0.273. The molecule has 0 atom stereocenters. The molecule has 1 N–H and O–H groups in total. The van der Waals surface area contributed by atoms with Crippen LogP contribution < -0.4 is 5.32 Å². The van der Waals surface area contributed by atoms with Gasteiger partial charge in [-0.15, -0.1) is 0 Å². The summed E-state index contributed by atoms with van der Waals surface area (Å²) in [7, 11) is 0. The van der Waals surface area contributed by atoms with Crippen molar-refractivity contribution in [1.82, 2.24) is 4.90 Å². The number of amides is 1. The van der Waals surface area contributed by atoms with Crippen LogP contribution in [-0.4, -0.2) is 23.9 Å². The first kappa shape index (κ1) is 20.3. The molecule has 1 saturated heterocycles. The molecule has 1 aliphatic heterocycles. The van der Waals surface area contributed by atoms with Crippen LogP contribution in [-0.2, 0) is 11.2 Å². The van der Waals surface area contributed by atoms with Gasteiger partial charge in [0.15, 0.2) is 0 Å². The number of halogens is 2. The monoisotopic (exact) mass is 413 g/mol. The molecule has 0 aromatic heterocycles. The molecule has 0 spiro atoms. The molecule has 2 aromatic carbocycles. The molecule has 144 valence electrons. The first-order chi connectivity index (χ1) is 13.6. The lowest BCUT2D eigenvalue weighted by Crippen LogP contribution is -2.39. The number of anilines is 1. The molecule has 6 heteroatoms. The molecule has 4 nitrogen and oxygen atoms in total. The van der Waals surface area contributed by atoms with E-state index in [1.807, 2.05) is 12.1 Å². The van der Waals surface area contributed by atoms with Gasteiger partial charge in [0, 0.05) is 24.3 Å². The minimum atomic E-state index is -0.258. The first-order valence-electron chi connectivity index (χ1n) is 9.22. The predicted molar refractivity (Wildman–Crippen MR) is 113 cm³/mol. The lowest BCUT2D eigenvalue weighted by molar-refractivity contribution is -0.128. The number of benzene rings is 2. The Hall–Kier alpha value is -2.48. The van der Waals surface area contributed by atoms with Crippen LogP contribution in [0.2, 0.25) is 10.0 Å². The van der Waals surface area contributed by atoms with Gasteiger partial charge in [-0.05, 0) is 48.9 Å². The van der Waals surface area contributed by atoms with Gasteiger partial charge in [0.1, 0.15) is 11.6 Å². The molecule has 0 bridgehead atoms. The summed E-state index contributed by atoms with van der Waals surface area (Å²) < 4.78 is 0. The van der Waals surface area contributed by atoms with E-state index in [-0.39, 0.29) is 11.5 Å². The van der Waals surface area contributed by atoms with Crippen LogP contribution in [0, 0.1) is 17.2 Å². The minimum Gasteiger partial charge on any atom is -0.359 e. The fourth-order valence-electron chi connectivity index (χ4n) is 3.36. The number of likely N-dealkylation sites (tertiary alicyclic amines) is 1.